The van der Waals surface area contributed by atoms with Crippen LogP contribution in [0.1, 0.15) is 50.4 Å². The molecule has 0 fully saturated rings. The van der Waals surface area contributed by atoms with Crippen LogP contribution in [0.25, 0.3) is 17.0 Å². The fraction of sp³-hybridized carbons (Fsp3) is 0.140. The van der Waals surface area contributed by atoms with E-state index in [1.165, 1.54) is 22.7 Å². The predicted octanol–water partition coefficient (Wildman–Crippen LogP) is 8.94. The van der Waals surface area contributed by atoms with Gasteiger partial charge in [-0.1, -0.05) is 78.9 Å². The Bertz CT molecular complexity index is 2190. The third kappa shape index (κ3) is 8.14. The summed E-state index contributed by atoms with van der Waals surface area (Å²) in [5, 5.41) is 6.88. The summed E-state index contributed by atoms with van der Waals surface area (Å²) in [7, 11) is 0. The molecule has 1 aliphatic rings. The maximum Gasteiger partial charge on any atom is 0.272 e. The lowest BCUT2D eigenvalue weighted by Gasteiger charge is -2.15. The molecule has 0 saturated carbocycles. The molecule has 1 aromatic heterocycles. The number of amides is 2. The predicted molar refractivity (Wildman–Crippen MR) is 204 cm³/mol. The lowest BCUT2D eigenvalue weighted by molar-refractivity contribution is -0.113. The largest absolute Gasteiger partial charge is 0.489 e. The third-order valence-electron chi connectivity index (χ3n) is 8.87. The number of nitrogens with zero attached hydrogens (tertiary/aromatic N) is 1. The second-order valence-electron chi connectivity index (χ2n) is 12.4. The van der Waals surface area contributed by atoms with E-state index >= 15 is 0 Å². The number of hydrogen-bond donors (Lipinski definition) is 2. The van der Waals surface area contributed by atoms with Gasteiger partial charge in [0.1, 0.15) is 18.1 Å². The first-order valence-corrected chi connectivity index (χ1v) is 18.0. The zero-order valence-corrected chi connectivity index (χ0v) is 28.8. The highest BCUT2D eigenvalue weighted by Gasteiger charge is 2.23. The first-order valence-electron chi connectivity index (χ1n) is 17.1. The van der Waals surface area contributed by atoms with Crippen molar-refractivity contribution >= 4 is 52.1 Å². The standard InChI is InChI=1S/C43H37N3O4S/c47-41(46-39-17-9-7-15-36(39)37-16-8-10-18-40(37)46)29-51-35-25-21-33(22-26-35)44-43(49)38(45-42(48)32-13-5-2-6-14-32)27-30-19-23-34(24-20-30)50-28-31-11-3-1-4-12-31/h1-7,9,11-15,17,19-27H,8,10,16,18,28-29H2,(H,44,49)(H,45,48)/b38-27-. The molecule has 2 amide bonds. The van der Waals surface area contributed by atoms with Gasteiger partial charge in [-0.3, -0.25) is 19.0 Å². The van der Waals surface area contributed by atoms with Crippen LogP contribution in [0.3, 0.4) is 0 Å². The van der Waals surface area contributed by atoms with Gasteiger partial charge in [0.2, 0.25) is 5.91 Å². The molecule has 1 aliphatic carbocycles. The fourth-order valence-electron chi connectivity index (χ4n) is 6.33. The van der Waals surface area contributed by atoms with E-state index in [0.717, 1.165) is 47.4 Å². The third-order valence-corrected chi connectivity index (χ3v) is 9.87. The number of nitrogens with one attached hydrogen (secondary N) is 2. The van der Waals surface area contributed by atoms with E-state index in [2.05, 4.69) is 16.7 Å². The number of aromatic nitrogens is 1. The Kier molecular flexibility index (Phi) is 10.4. The van der Waals surface area contributed by atoms with Gasteiger partial charge in [-0.2, -0.15) is 0 Å². The minimum Gasteiger partial charge on any atom is -0.489 e. The number of aryl methyl sites for hydroxylation is 1. The van der Waals surface area contributed by atoms with Crippen molar-refractivity contribution < 1.29 is 19.1 Å². The molecule has 7 rings (SSSR count). The smallest absolute Gasteiger partial charge is 0.272 e. The Balaban J connectivity index is 1.02. The summed E-state index contributed by atoms with van der Waals surface area (Å²) in [6.07, 6.45) is 5.82. The van der Waals surface area contributed by atoms with Gasteiger partial charge in [0, 0.05) is 27.2 Å². The number of anilines is 1. The van der Waals surface area contributed by atoms with Gasteiger partial charge in [-0.15, -0.1) is 11.8 Å². The van der Waals surface area contributed by atoms with Crippen molar-refractivity contribution in [3.63, 3.8) is 0 Å². The Labute approximate surface area is 301 Å². The quantitative estimate of drug-likeness (QED) is 0.105. The summed E-state index contributed by atoms with van der Waals surface area (Å²) in [6.45, 7) is 0.441. The fourth-order valence-corrected chi connectivity index (χ4v) is 7.08. The average molecular weight is 692 g/mol. The van der Waals surface area contributed by atoms with Crippen LogP contribution in [0.15, 0.2) is 144 Å². The second kappa shape index (κ2) is 15.8. The van der Waals surface area contributed by atoms with Crippen LogP contribution in [-0.2, 0) is 24.2 Å². The molecule has 0 bridgehead atoms. The molecule has 0 aliphatic heterocycles. The molecule has 0 atom stereocenters. The van der Waals surface area contributed by atoms with E-state index in [0.29, 0.717) is 34.9 Å². The molecule has 2 N–H and O–H groups in total. The summed E-state index contributed by atoms with van der Waals surface area (Å²) in [6, 6.07) is 41.6. The van der Waals surface area contributed by atoms with Gasteiger partial charge < -0.3 is 15.4 Å². The lowest BCUT2D eigenvalue weighted by atomic mass is 9.96. The maximum atomic E-state index is 13.6. The van der Waals surface area contributed by atoms with E-state index in [4.69, 9.17) is 4.74 Å². The highest BCUT2D eigenvalue weighted by molar-refractivity contribution is 8.00. The Morgan fingerprint density at radius 3 is 2.20 bits per heavy atom. The molecular formula is C43H37N3O4S. The highest BCUT2D eigenvalue weighted by atomic mass is 32.2. The minimum atomic E-state index is -0.469. The van der Waals surface area contributed by atoms with Crippen LogP contribution in [0.2, 0.25) is 0 Å². The summed E-state index contributed by atoms with van der Waals surface area (Å²) in [5.74, 6) is 0.190. The van der Waals surface area contributed by atoms with Crippen molar-refractivity contribution in [2.45, 2.75) is 37.2 Å². The minimum absolute atomic E-state index is 0.0662. The molecule has 254 valence electrons. The van der Waals surface area contributed by atoms with Crippen molar-refractivity contribution in [1.82, 2.24) is 9.88 Å². The summed E-state index contributed by atoms with van der Waals surface area (Å²) < 4.78 is 7.83. The van der Waals surface area contributed by atoms with Crippen LogP contribution < -0.4 is 15.4 Å². The zero-order chi connectivity index (χ0) is 35.0. The number of rotatable bonds is 11. The van der Waals surface area contributed by atoms with Crippen molar-refractivity contribution in [3.05, 3.63) is 167 Å². The van der Waals surface area contributed by atoms with Gasteiger partial charge in [-0.25, -0.2) is 0 Å². The normalized spacial score (nSPS) is 12.6. The van der Waals surface area contributed by atoms with Gasteiger partial charge in [0.05, 0.1) is 11.3 Å². The number of thioether (sulfide) groups is 1. The molecule has 51 heavy (non-hydrogen) atoms. The number of para-hydroxylation sites is 1. The molecule has 5 aromatic carbocycles. The van der Waals surface area contributed by atoms with E-state index in [1.54, 1.807) is 42.5 Å². The molecule has 0 unspecified atom stereocenters. The number of hydrogen-bond acceptors (Lipinski definition) is 5. The number of benzene rings is 5. The van der Waals surface area contributed by atoms with Crippen molar-refractivity contribution in [2.24, 2.45) is 0 Å². The monoisotopic (exact) mass is 691 g/mol. The molecule has 6 aromatic rings. The Morgan fingerprint density at radius 2 is 1.43 bits per heavy atom. The zero-order valence-electron chi connectivity index (χ0n) is 28.0. The Hall–Kier alpha value is -5.86. The summed E-state index contributed by atoms with van der Waals surface area (Å²) in [5.41, 5.74) is 6.32. The van der Waals surface area contributed by atoms with Crippen LogP contribution in [-0.4, -0.2) is 28.0 Å². The van der Waals surface area contributed by atoms with Crippen molar-refractivity contribution in [3.8, 4) is 5.75 Å². The number of carbonyl (C=O) groups excluding carboxylic acids is 3. The molecule has 0 spiro atoms. The highest BCUT2D eigenvalue weighted by Crippen LogP contribution is 2.33. The summed E-state index contributed by atoms with van der Waals surface area (Å²) >= 11 is 1.47. The summed E-state index contributed by atoms with van der Waals surface area (Å²) in [4.78, 5) is 41.1. The molecule has 7 nitrogen and oxygen atoms in total. The topological polar surface area (TPSA) is 89.4 Å². The number of carbonyl (C=O) groups is 3. The maximum absolute atomic E-state index is 13.6. The van der Waals surface area contributed by atoms with Crippen LogP contribution >= 0.6 is 11.8 Å². The SMILES string of the molecule is O=C(Nc1ccc(SCC(=O)n2c3c(c4ccccc42)CCCC3)cc1)/C(=C/c1ccc(OCc2ccccc2)cc1)NC(=O)c1ccccc1. The van der Waals surface area contributed by atoms with Crippen molar-refractivity contribution in [2.75, 3.05) is 11.1 Å². The van der Waals surface area contributed by atoms with Gasteiger partial charge in [-0.05, 0) is 103 Å². The van der Waals surface area contributed by atoms with Gasteiger partial charge >= 0.3 is 0 Å². The first-order chi connectivity index (χ1) is 25.0. The average Bonchev–Trinajstić information content (AvgIpc) is 3.52. The van der Waals surface area contributed by atoms with E-state index < -0.39 is 11.8 Å². The molecule has 8 heteroatoms. The molecular weight excluding hydrogens is 655 g/mol. The van der Waals surface area contributed by atoms with Crippen LogP contribution in [0.4, 0.5) is 5.69 Å². The molecule has 0 radical (unpaired) electrons. The number of ether oxygens (including phenoxy) is 1. The van der Waals surface area contributed by atoms with Gasteiger partial charge in [0.15, 0.2) is 0 Å². The van der Waals surface area contributed by atoms with E-state index in [-0.39, 0.29) is 11.6 Å². The molecule has 0 saturated heterocycles. The Morgan fingerprint density at radius 1 is 0.745 bits per heavy atom. The second-order valence-corrected chi connectivity index (χ2v) is 13.4. The van der Waals surface area contributed by atoms with Crippen LogP contribution in [0, 0.1) is 0 Å². The van der Waals surface area contributed by atoms with E-state index in [1.807, 2.05) is 95.6 Å². The van der Waals surface area contributed by atoms with Crippen molar-refractivity contribution in [1.29, 1.82) is 0 Å². The lowest BCUT2D eigenvalue weighted by Crippen LogP contribution is -2.30. The van der Waals surface area contributed by atoms with Crippen LogP contribution in [0.5, 0.6) is 5.75 Å². The number of fused-ring (bicyclic) bond motifs is 3. The van der Waals surface area contributed by atoms with Gasteiger partial charge in [0.25, 0.3) is 11.8 Å². The van der Waals surface area contributed by atoms with E-state index in [9.17, 15) is 14.4 Å². The first kappa shape index (κ1) is 33.6. The molecule has 1 heterocycles.